The van der Waals surface area contributed by atoms with E-state index >= 15 is 0 Å². The average molecular weight is 608 g/mol. The lowest BCUT2D eigenvalue weighted by atomic mass is 9.97. The number of aliphatic hydroxyl groups is 1. The molecule has 6 rings (SSSR count). The molecule has 1 N–H and O–H groups in total. The van der Waals surface area contributed by atoms with E-state index in [9.17, 15) is 14.3 Å². The van der Waals surface area contributed by atoms with E-state index < -0.39 is 35.6 Å². The molecule has 10 nitrogen and oxygen atoms in total. The van der Waals surface area contributed by atoms with E-state index in [1.807, 2.05) is 6.92 Å². The molecule has 3 aliphatic heterocycles. The highest BCUT2D eigenvalue weighted by molar-refractivity contribution is 8.00. The van der Waals surface area contributed by atoms with Gasteiger partial charge in [0, 0.05) is 36.4 Å². The normalized spacial score (nSPS) is 25.6. The molecule has 2 fully saturated rings. The molecule has 1 amide bonds. The summed E-state index contributed by atoms with van der Waals surface area (Å²) in [6.07, 6.45) is 3.09. The number of carbonyl (C=O) groups is 1. The molecule has 5 atom stereocenters. The summed E-state index contributed by atoms with van der Waals surface area (Å²) < 4.78 is 34.0. The number of nitrogens with zero attached hydrogens (tertiary/aromatic N) is 5. The van der Waals surface area contributed by atoms with Crippen molar-refractivity contribution in [3.63, 3.8) is 0 Å². The van der Waals surface area contributed by atoms with Gasteiger partial charge in [0.1, 0.15) is 41.0 Å². The lowest BCUT2D eigenvalue weighted by molar-refractivity contribution is -0.167. The van der Waals surface area contributed by atoms with Gasteiger partial charge in [0.25, 0.3) is 5.91 Å². The van der Waals surface area contributed by atoms with Crippen molar-refractivity contribution < 1.29 is 28.5 Å². The molecule has 14 heteroatoms. The van der Waals surface area contributed by atoms with E-state index in [0.29, 0.717) is 40.9 Å². The standard InChI is InChI=1S/C26H24Cl2FN5O5S/c1-2-37-24-21(34-11-17(31-32-34)13-4-5-15(28)16(29)8-13)23-22(18(35)12-38-23)39-26(24)40-19-9-14(27)10-30-20(19)25(36)33-6-3-7-33/h4-5,8-12,21-24,26,35H,2-3,6-7H2,1H3/t21?,22?,23-,24?,26-/m1/s1. The van der Waals surface area contributed by atoms with E-state index in [0.717, 1.165) is 6.42 Å². The van der Waals surface area contributed by atoms with Crippen molar-refractivity contribution in [3.8, 4) is 11.3 Å². The number of hydrogen-bond donors (Lipinski definition) is 1. The number of likely N-dealkylation sites (tertiary alicyclic amines) is 1. The van der Waals surface area contributed by atoms with Crippen LogP contribution in [0.3, 0.4) is 0 Å². The van der Waals surface area contributed by atoms with Crippen LogP contribution in [-0.4, -0.2) is 79.3 Å². The third-order valence-electron chi connectivity index (χ3n) is 6.96. The summed E-state index contributed by atoms with van der Waals surface area (Å²) in [6.45, 7) is 3.51. The monoisotopic (exact) mass is 607 g/mol. The highest BCUT2D eigenvalue weighted by Gasteiger charge is 2.53. The van der Waals surface area contributed by atoms with Crippen LogP contribution in [0.4, 0.5) is 4.39 Å². The van der Waals surface area contributed by atoms with Gasteiger partial charge in [0.05, 0.1) is 16.2 Å². The van der Waals surface area contributed by atoms with Crippen molar-refractivity contribution in [2.24, 2.45) is 0 Å². The number of hydrogen-bond acceptors (Lipinski definition) is 9. The molecule has 3 aliphatic rings. The number of amides is 1. The lowest BCUT2D eigenvalue weighted by Gasteiger charge is -2.43. The second-order valence-corrected chi connectivity index (χ2v) is 11.4. The third-order valence-corrected chi connectivity index (χ3v) is 8.65. The number of carbonyl (C=O) groups excluding carboxylic acids is 1. The minimum atomic E-state index is -0.832. The van der Waals surface area contributed by atoms with Crippen LogP contribution >= 0.6 is 35.0 Å². The SMILES string of the molecule is CCOC1C(n2cc(-c3ccc(Cl)c(F)c3)nn2)[C@H]2OC=C(O)C2O[C@@H]1Sc1cc(Cl)cnc1C(=O)N1CCC1. The maximum absolute atomic E-state index is 14.1. The summed E-state index contributed by atoms with van der Waals surface area (Å²) in [4.78, 5) is 19.7. The first kappa shape index (κ1) is 27.3. The minimum Gasteiger partial charge on any atom is -0.506 e. The van der Waals surface area contributed by atoms with Gasteiger partial charge in [-0.05, 0) is 31.5 Å². The van der Waals surface area contributed by atoms with Crippen molar-refractivity contribution in [1.82, 2.24) is 24.9 Å². The minimum absolute atomic E-state index is 0.00283. The van der Waals surface area contributed by atoms with Gasteiger partial charge < -0.3 is 24.2 Å². The van der Waals surface area contributed by atoms with E-state index in [1.54, 1.807) is 27.9 Å². The fourth-order valence-electron chi connectivity index (χ4n) is 4.87. The topological polar surface area (TPSA) is 112 Å². The summed E-state index contributed by atoms with van der Waals surface area (Å²) in [5.41, 5.74) is 0.437. The summed E-state index contributed by atoms with van der Waals surface area (Å²) in [5, 5.41) is 19.5. The second kappa shape index (κ2) is 11.2. The van der Waals surface area contributed by atoms with Crippen LogP contribution in [0.25, 0.3) is 11.3 Å². The van der Waals surface area contributed by atoms with Crippen molar-refractivity contribution in [3.05, 3.63) is 70.2 Å². The second-order valence-electron chi connectivity index (χ2n) is 9.46. The Morgan fingerprint density at radius 1 is 1.30 bits per heavy atom. The smallest absolute Gasteiger partial charge is 0.273 e. The average Bonchev–Trinajstić information content (AvgIpc) is 3.52. The molecule has 40 heavy (non-hydrogen) atoms. The molecular weight excluding hydrogens is 584 g/mol. The van der Waals surface area contributed by atoms with Gasteiger partial charge in [0.15, 0.2) is 18.0 Å². The first-order chi connectivity index (χ1) is 19.3. The molecule has 0 aliphatic carbocycles. The highest BCUT2D eigenvalue weighted by Crippen LogP contribution is 2.45. The summed E-state index contributed by atoms with van der Waals surface area (Å²) >= 11 is 13.4. The van der Waals surface area contributed by atoms with Crippen molar-refractivity contribution >= 4 is 40.9 Å². The van der Waals surface area contributed by atoms with E-state index in [-0.39, 0.29) is 22.4 Å². The number of fused-ring (bicyclic) bond motifs is 1. The van der Waals surface area contributed by atoms with Crippen LogP contribution in [0.2, 0.25) is 10.0 Å². The molecule has 5 heterocycles. The van der Waals surface area contributed by atoms with Crippen molar-refractivity contribution in [1.29, 1.82) is 0 Å². The first-order valence-electron chi connectivity index (χ1n) is 12.6. The van der Waals surface area contributed by atoms with Crippen LogP contribution in [-0.2, 0) is 14.2 Å². The molecule has 210 valence electrons. The summed E-state index contributed by atoms with van der Waals surface area (Å²) in [6, 6.07) is 5.43. The number of halogens is 3. The molecule has 0 bridgehead atoms. The number of ether oxygens (including phenoxy) is 3. The number of rotatable bonds is 7. The number of thioether (sulfide) groups is 1. The molecule has 1 aromatic carbocycles. The van der Waals surface area contributed by atoms with Gasteiger partial charge in [0.2, 0.25) is 0 Å². The van der Waals surface area contributed by atoms with Crippen LogP contribution in [0, 0.1) is 5.82 Å². The lowest BCUT2D eigenvalue weighted by Crippen LogP contribution is -2.54. The van der Waals surface area contributed by atoms with E-state index in [4.69, 9.17) is 37.4 Å². The molecule has 0 spiro atoms. The Morgan fingerprint density at radius 2 is 2.12 bits per heavy atom. The van der Waals surface area contributed by atoms with Gasteiger partial charge >= 0.3 is 0 Å². The van der Waals surface area contributed by atoms with E-state index in [1.165, 1.54) is 36.4 Å². The number of aromatic nitrogens is 4. The Kier molecular flexibility index (Phi) is 7.62. The molecule has 0 radical (unpaired) electrons. The van der Waals surface area contributed by atoms with Gasteiger partial charge in [-0.25, -0.2) is 14.1 Å². The predicted molar refractivity (Wildman–Crippen MR) is 145 cm³/mol. The maximum atomic E-state index is 14.1. The van der Waals surface area contributed by atoms with E-state index in [2.05, 4.69) is 15.3 Å². The van der Waals surface area contributed by atoms with Crippen LogP contribution in [0.15, 0.2) is 53.6 Å². The molecular formula is C26H24Cl2FN5O5S. The Morgan fingerprint density at radius 3 is 2.85 bits per heavy atom. The van der Waals surface area contributed by atoms with Gasteiger partial charge in [-0.15, -0.1) is 5.10 Å². The van der Waals surface area contributed by atoms with Crippen LogP contribution in [0.1, 0.15) is 29.9 Å². The molecule has 2 aromatic heterocycles. The molecule has 0 saturated carbocycles. The number of benzene rings is 1. The van der Waals surface area contributed by atoms with Crippen molar-refractivity contribution in [2.45, 2.75) is 48.0 Å². The Balaban J connectivity index is 1.36. The third kappa shape index (κ3) is 5.03. The highest BCUT2D eigenvalue weighted by atomic mass is 35.5. The summed E-state index contributed by atoms with van der Waals surface area (Å²) in [5.74, 6) is -0.848. The number of aliphatic hydroxyl groups excluding tert-OH is 1. The van der Waals surface area contributed by atoms with Crippen LogP contribution < -0.4 is 0 Å². The predicted octanol–water partition coefficient (Wildman–Crippen LogP) is 4.89. The zero-order valence-electron chi connectivity index (χ0n) is 21.1. The zero-order chi connectivity index (χ0) is 28.0. The first-order valence-corrected chi connectivity index (χ1v) is 14.3. The molecule has 2 saturated heterocycles. The van der Waals surface area contributed by atoms with Gasteiger partial charge in [-0.2, -0.15) is 0 Å². The maximum Gasteiger partial charge on any atom is 0.273 e. The Bertz CT molecular complexity index is 1470. The molecule has 3 unspecified atom stereocenters. The van der Waals surface area contributed by atoms with Crippen molar-refractivity contribution in [2.75, 3.05) is 19.7 Å². The van der Waals surface area contributed by atoms with Gasteiger partial charge in [-0.3, -0.25) is 4.79 Å². The fraction of sp³-hybridized carbons (Fsp3) is 0.385. The Labute approximate surface area is 243 Å². The largest absolute Gasteiger partial charge is 0.506 e. The zero-order valence-corrected chi connectivity index (χ0v) is 23.4. The summed E-state index contributed by atoms with van der Waals surface area (Å²) in [7, 11) is 0. The fourth-order valence-corrected chi connectivity index (χ4v) is 6.46. The quantitative estimate of drug-likeness (QED) is 0.401. The molecule has 3 aromatic rings. The van der Waals surface area contributed by atoms with Gasteiger partial charge in [-0.1, -0.05) is 46.2 Å². The Hall–Kier alpha value is -2.90. The number of pyridine rings is 1. The van der Waals surface area contributed by atoms with Crippen LogP contribution in [0.5, 0.6) is 0 Å².